The van der Waals surface area contributed by atoms with Crippen molar-refractivity contribution >= 4 is 41.5 Å². The van der Waals surface area contributed by atoms with E-state index in [-0.39, 0.29) is 42.4 Å². The van der Waals surface area contributed by atoms with Crippen molar-refractivity contribution in [3.8, 4) is 0 Å². The Kier molecular flexibility index (Phi) is 3.71. The van der Waals surface area contributed by atoms with Crippen molar-refractivity contribution in [3.63, 3.8) is 0 Å². The fourth-order valence-corrected chi connectivity index (χ4v) is 1.19. The van der Waals surface area contributed by atoms with Gasteiger partial charge in [0.2, 0.25) is 0 Å². The molecular formula is C6H9NaO5. The molecule has 0 atom stereocenters. The SMILES string of the molecule is O=C(O)C1(C(=O)O)CC(O)C1.[NaH]. The number of carboxylic acids is 2. The second kappa shape index (κ2) is 3.74. The van der Waals surface area contributed by atoms with Crippen LogP contribution >= 0.6 is 0 Å². The molecular weight excluding hydrogens is 175 g/mol. The van der Waals surface area contributed by atoms with Gasteiger partial charge in [-0.05, 0) is 0 Å². The first-order valence-corrected chi connectivity index (χ1v) is 3.14. The van der Waals surface area contributed by atoms with Gasteiger partial charge >= 0.3 is 41.5 Å². The van der Waals surface area contributed by atoms with Crippen LogP contribution in [0.25, 0.3) is 0 Å². The third-order valence-corrected chi connectivity index (χ3v) is 1.99. The monoisotopic (exact) mass is 184 g/mol. The Morgan fingerprint density at radius 2 is 1.50 bits per heavy atom. The zero-order valence-corrected chi connectivity index (χ0v) is 5.65. The Morgan fingerprint density at radius 3 is 1.58 bits per heavy atom. The molecule has 0 aliphatic heterocycles. The van der Waals surface area contributed by atoms with Gasteiger partial charge in [0, 0.05) is 12.8 Å². The summed E-state index contributed by atoms with van der Waals surface area (Å²) in [6.45, 7) is 0. The van der Waals surface area contributed by atoms with Gasteiger partial charge in [-0.15, -0.1) is 0 Å². The molecule has 1 aliphatic carbocycles. The Morgan fingerprint density at radius 1 is 1.17 bits per heavy atom. The summed E-state index contributed by atoms with van der Waals surface area (Å²) >= 11 is 0. The summed E-state index contributed by atoms with van der Waals surface area (Å²) in [4.78, 5) is 20.8. The van der Waals surface area contributed by atoms with E-state index < -0.39 is 23.5 Å². The summed E-state index contributed by atoms with van der Waals surface area (Å²) in [5, 5.41) is 25.7. The molecule has 0 bridgehead atoms. The average molecular weight is 184 g/mol. The molecule has 3 N–H and O–H groups in total. The third kappa shape index (κ3) is 1.64. The molecule has 5 nitrogen and oxygen atoms in total. The molecule has 0 aromatic rings. The van der Waals surface area contributed by atoms with Gasteiger partial charge in [-0.2, -0.15) is 0 Å². The van der Waals surface area contributed by atoms with Crippen LogP contribution in [0.3, 0.4) is 0 Å². The Labute approximate surface area is 90.7 Å². The van der Waals surface area contributed by atoms with E-state index in [9.17, 15) is 9.59 Å². The molecule has 64 valence electrons. The molecule has 0 heterocycles. The van der Waals surface area contributed by atoms with E-state index >= 15 is 0 Å². The summed E-state index contributed by atoms with van der Waals surface area (Å²) in [5.41, 5.74) is -1.72. The van der Waals surface area contributed by atoms with Crippen LogP contribution in [0, 0.1) is 5.41 Å². The fraction of sp³-hybridized carbons (Fsp3) is 0.667. The van der Waals surface area contributed by atoms with Crippen LogP contribution < -0.4 is 0 Å². The van der Waals surface area contributed by atoms with Gasteiger partial charge in [-0.25, -0.2) is 0 Å². The van der Waals surface area contributed by atoms with E-state index in [1.165, 1.54) is 0 Å². The van der Waals surface area contributed by atoms with Gasteiger partial charge in [0.1, 0.15) is 0 Å². The van der Waals surface area contributed by atoms with Crippen LogP contribution in [0.1, 0.15) is 12.8 Å². The number of aliphatic hydroxyl groups is 1. The van der Waals surface area contributed by atoms with Gasteiger partial charge in [-0.1, -0.05) is 0 Å². The maximum atomic E-state index is 10.4. The van der Waals surface area contributed by atoms with Crippen LogP contribution in [-0.2, 0) is 9.59 Å². The van der Waals surface area contributed by atoms with E-state index in [2.05, 4.69) is 0 Å². The number of aliphatic hydroxyl groups excluding tert-OH is 1. The zero-order valence-electron chi connectivity index (χ0n) is 5.65. The van der Waals surface area contributed by atoms with Crippen molar-refractivity contribution in [2.24, 2.45) is 5.41 Å². The number of rotatable bonds is 2. The molecule has 12 heavy (non-hydrogen) atoms. The van der Waals surface area contributed by atoms with Crippen molar-refractivity contribution in [3.05, 3.63) is 0 Å². The third-order valence-electron chi connectivity index (χ3n) is 1.99. The number of hydrogen-bond acceptors (Lipinski definition) is 3. The fourth-order valence-electron chi connectivity index (χ4n) is 1.19. The Bertz CT molecular complexity index is 192. The van der Waals surface area contributed by atoms with E-state index in [0.717, 1.165) is 0 Å². The number of carbonyl (C=O) groups is 2. The summed E-state index contributed by atoms with van der Waals surface area (Å²) in [6.07, 6.45) is -1.14. The first-order valence-electron chi connectivity index (χ1n) is 3.14. The van der Waals surface area contributed by atoms with Gasteiger partial charge in [0.05, 0.1) is 6.10 Å². The molecule has 1 fully saturated rings. The topological polar surface area (TPSA) is 94.8 Å². The first kappa shape index (κ1) is 11.9. The normalized spacial score (nSPS) is 20.4. The Hall–Kier alpha value is -0.100. The standard InChI is InChI=1S/C6H8O5.Na.H/c7-3-1-6(2-3,4(8)9)5(10)11;;/h3,7H,1-2H2,(H,8,9)(H,10,11);;. The minimum atomic E-state index is -1.72. The van der Waals surface area contributed by atoms with Crippen molar-refractivity contribution in [1.29, 1.82) is 0 Å². The van der Waals surface area contributed by atoms with Crippen molar-refractivity contribution < 1.29 is 24.9 Å². The van der Waals surface area contributed by atoms with Crippen molar-refractivity contribution in [2.45, 2.75) is 18.9 Å². The van der Waals surface area contributed by atoms with Crippen LogP contribution in [0.2, 0.25) is 0 Å². The van der Waals surface area contributed by atoms with Gasteiger partial charge in [0.15, 0.2) is 5.41 Å². The van der Waals surface area contributed by atoms with E-state index in [1.807, 2.05) is 0 Å². The number of carboxylic acid groups (broad SMARTS) is 2. The maximum absolute atomic E-state index is 10.4. The van der Waals surface area contributed by atoms with Crippen molar-refractivity contribution in [1.82, 2.24) is 0 Å². The van der Waals surface area contributed by atoms with Crippen LogP contribution in [0.15, 0.2) is 0 Å². The molecule has 1 aliphatic rings. The second-order valence-electron chi connectivity index (χ2n) is 2.75. The van der Waals surface area contributed by atoms with Crippen molar-refractivity contribution in [2.75, 3.05) is 0 Å². The second-order valence-corrected chi connectivity index (χ2v) is 2.75. The van der Waals surface area contributed by atoms with E-state index in [1.54, 1.807) is 0 Å². The molecule has 0 aromatic heterocycles. The predicted molar refractivity (Wildman–Crippen MR) is 40.1 cm³/mol. The van der Waals surface area contributed by atoms with Crippen LogP contribution in [0.5, 0.6) is 0 Å². The zero-order chi connectivity index (χ0) is 8.65. The quantitative estimate of drug-likeness (QED) is 0.364. The molecule has 0 unspecified atom stereocenters. The van der Waals surface area contributed by atoms with Crippen LogP contribution in [0.4, 0.5) is 0 Å². The number of hydrogen-bond donors (Lipinski definition) is 3. The molecule has 6 heteroatoms. The molecule has 0 saturated heterocycles. The first-order chi connectivity index (χ1) is 4.99. The predicted octanol–water partition coefficient (Wildman–Crippen LogP) is -1.35. The molecule has 0 amide bonds. The molecule has 0 aromatic carbocycles. The summed E-state index contributed by atoms with van der Waals surface area (Å²) < 4.78 is 0. The average Bonchev–Trinajstić information content (AvgIpc) is 1.78. The molecule has 1 rings (SSSR count). The molecule has 0 spiro atoms. The van der Waals surface area contributed by atoms with Gasteiger partial charge in [-0.3, -0.25) is 9.59 Å². The summed E-state index contributed by atoms with van der Waals surface area (Å²) in [7, 11) is 0. The van der Waals surface area contributed by atoms with E-state index in [4.69, 9.17) is 15.3 Å². The minimum absolute atomic E-state index is 0. The van der Waals surface area contributed by atoms with Gasteiger partial charge < -0.3 is 15.3 Å². The van der Waals surface area contributed by atoms with Crippen LogP contribution in [-0.4, -0.2) is 62.9 Å². The molecule has 1 saturated carbocycles. The van der Waals surface area contributed by atoms with Gasteiger partial charge in [0.25, 0.3) is 0 Å². The Balaban J connectivity index is 0.00000121. The van der Waals surface area contributed by atoms with E-state index in [0.29, 0.717) is 0 Å². The number of aliphatic carboxylic acids is 2. The summed E-state index contributed by atoms with van der Waals surface area (Å²) in [6, 6.07) is 0. The summed E-state index contributed by atoms with van der Waals surface area (Å²) in [5.74, 6) is -2.73. The molecule has 0 radical (unpaired) electrons.